The highest BCUT2D eigenvalue weighted by Gasteiger charge is 2.27. The van der Waals surface area contributed by atoms with Gasteiger partial charge >= 0.3 is 0 Å². The van der Waals surface area contributed by atoms with Crippen molar-refractivity contribution in [2.45, 2.75) is 199 Å². The van der Waals surface area contributed by atoms with E-state index in [0.29, 0.717) is 38.9 Å². The smallest absolute Gasteiger partial charge is 0.221 e. The molecule has 0 aromatic rings. The normalized spacial score (nSPS) is 13.2. The first kappa shape index (κ1) is 44.7. The molecule has 0 fully saturated rings. The van der Waals surface area contributed by atoms with Crippen LogP contribution in [0.5, 0.6) is 0 Å². The lowest BCUT2D eigenvalue weighted by Gasteiger charge is -2.31. The number of unbranched alkanes of at least 4 members (excludes halogenated alkanes) is 18. The second-order valence-electron chi connectivity index (χ2n) is 14.0. The van der Waals surface area contributed by atoms with Gasteiger partial charge in [0.05, 0.1) is 6.04 Å². The Morgan fingerprint density at radius 1 is 0.565 bits per heavy atom. The third kappa shape index (κ3) is 28.9. The Bertz CT molecular complexity index is 702. The summed E-state index contributed by atoms with van der Waals surface area (Å²) in [4.78, 5) is 27.7. The number of hydrogen-bond donors (Lipinski definition) is 6. The van der Waals surface area contributed by atoms with Gasteiger partial charge in [-0.05, 0) is 39.3 Å². The summed E-state index contributed by atoms with van der Waals surface area (Å²) in [6.07, 6.45) is 28.8. The average Bonchev–Trinajstić information content (AvgIpc) is 3.01. The molecule has 0 aliphatic heterocycles. The zero-order valence-electron chi connectivity index (χ0n) is 30.7. The van der Waals surface area contributed by atoms with E-state index in [-0.39, 0.29) is 17.9 Å². The summed E-state index contributed by atoms with van der Waals surface area (Å²) in [5.74, 6) is -1.51. The SMILES string of the molecule is CCCCCCCCCCCCC(C)NC(=O)CCN(CCCN)CCC(=O)NC(CCCCCCCCCCCC)C(N)(N)N. The molecule has 0 radical (unpaired) electrons. The van der Waals surface area contributed by atoms with Gasteiger partial charge in [0.2, 0.25) is 11.8 Å². The second kappa shape index (κ2) is 31.0. The van der Waals surface area contributed by atoms with E-state index >= 15 is 0 Å². The maximum Gasteiger partial charge on any atom is 0.221 e. The van der Waals surface area contributed by atoms with Crippen LogP contribution in [0.25, 0.3) is 0 Å². The number of hydrogen-bond acceptors (Lipinski definition) is 7. The second-order valence-corrected chi connectivity index (χ2v) is 14.0. The molecule has 9 heteroatoms. The molecule has 10 N–H and O–H groups in total. The Morgan fingerprint density at radius 2 is 0.957 bits per heavy atom. The van der Waals surface area contributed by atoms with Crippen molar-refractivity contribution in [1.82, 2.24) is 15.5 Å². The highest BCUT2D eigenvalue weighted by atomic mass is 16.2. The van der Waals surface area contributed by atoms with Crippen LogP contribution in [-0.2, 0) is 9.59 Å². The molecule has 0 bridgehead atoms. The first-order valence-electron chi connectivity index (χ1n) is 19.5. The van der Waals surface area contributed by atoms with Gasteiger partial charge in [0, 0.05) is 32.0 Å². The minimum absolute atomic E-state index is 0.0671. The number of nitrogens with one attached hydrogen (secondary N) is 2. The Hall–Kier alpha value is -1.26. The maximum atomic E-state index is 12.9. The van der Waals surface area contributed by atoms with E-state index in [4.69, 9.17) is 22.9 Å². The van der Waals surface area contributed by atoms with Crippen LogP contribution in [0.2, 0.25) is 0 Å². The number of nitrogens with two attached hydrogens (primary N) is 4. The average molecular weight is 654 g/mol. The third-order valence-electron chi connectivity index (χ3n) is 9.17. The summed E-state index contributed by atoms with van der Waals surface area (Å²) in [5, 5.41) is 6.16. The van der Waals surface area contributed by atoms with Crippen molar-refractivity contribution >= 4 is 11.8 Å². The minimum atomic E-state index is -1.46. The van der Waals surface area contributed by atoms with Crippen molar-refractivity contribution in [3.05, 3.63) is 0 Å². The molecule has 0 aromatic heterocycles. The summed E-state index contributed by atoms with van der Waals surface area (Å²) < 4.78 is 0. The Morgan fingerprint density at radius 3 is 1.37 bits per heavy atom. The van der Waals surface area contributed by atoms with Crippen molar-refractivity contribution in [1.29, 1.82) is 0 Å². The van der Waals surface area contributed by atoms with Crippen LogP contribution in [0.15, 0.2) is 0 Å². The van der Waals surface area contributed by atoms with E-state index in [0.717, 1.165) is 38.6 Å². The Balaban J connectivity index is 4.31. The van der Waals surface area contributed by atoms with Crippen LogP contribution in [0.1, 0.15) is 181 Å². The summed E-state index contributed by atoms with van der Waals surface area (Å²) in [6, 6.07) is -0.296. The molecule has 0 heterocycles. The lowest BCUT2D eigenvalue weighted by Crippen LogP contribution is -2.70. The predicted molar refractivity (Wildman–Crippen MR) is 197 cm³/mol. The van der Waals surface area contributed by atoms with Crippen LogP contribution >= 0.6 is 0 Å². The molecule has 0 aliphatic rings. The van der Waals surface area contributed by atoms with Crippen LogP contribution in [0, 0.1) is 0 Å². The number of carbonyl (C=O) groups excluding carboxylic acids is 2. The van der Waals surface area contributed by atoms with Crippen LogP contribution in [0.4, 0.5) is 0 Å². The molecule has 9 nitrogen and oxygen atoms in total. The molecule has 0 spiro atoms. The van der Waals surface area contributed by atoms with E-state index in [9.17, 15) is 9.59 Å². The largest absolute Gasteiger partial charge is 0.354 e. The molecular weight excluding hydrogens is 574 g/mol. The third-order valence-corrected chi connectivity index (χ3v) is 9.17. The molecule has 0 saturated carbocycles. The minimum Gasteiger partial charge on any atom is -0.354 e. The molecule has 2 amide bonds. The fourth-order valence-electron chi connectivity index (χ4n) is 6.08. The van der Waals surface area contributed by atoms with Crippen molar-refractivity contribution in [2.24, 2.45) is 22.9 Å². The van der Waals surface area contributed by atoms with Gasteiger partial charge in [0.1, 0.15) is 5.79 Å². The lowest BCUT2D eigenvalue weighted by atomic mass is 10.0. The van der Waals surface area contributed by atoms with Gasteiger partial charge in [-0.1, -0.05) is 142 Å². The van der Waals surface area contributed by atoms with E-state index < -0.39 is 11.8 Å². The number of nitrogens with zero attached hydrogens (tertiary/aromatic N) is 1. The van der Waals surface area contributed by atoms with Crippen molar-refractivity contribution in [3.63, 3.8) is 0 Å². The Labute approximate surface area is 284 Å². The zero-order valence-corrected chi connectivity index (χ0v) is 30.7. The van der Waals surface area contributed by atoms with Crippen LogP contribution in [0.3, 0.4) is 0 Å². The van der Waals surface area contributed by atoms with E-state index in [1.165, 1.54) is 109 Å². The predicted octanol–water partition coefficient (Wildman–Crippen LogP) is 6.56. The molecule has 46 heavy (non-hydrogen) atoms. The lowest BCUT2D eigenvalue weighted by molar-refractivity contribution is -0.122. The maximum absolute atomic E-state index is 12.9. The molecule has 2 unspecified atom stereocenters. The standard InChI is InChI=1S/C37H79N7O2/c1-4-6-8-10-12-14-16-18-20-22-25-33(3)42-35(45)27-31-44(30-24-29-38)32-28-36(46)43-34(37(39,40)41)26-23-21-19-17-15-13-11-9-7-5-2/h33-34H,4-32,38-41H2,1-3H3,(H,42,45)(H,43,46). The van der Waals surface area contributed by atoms with Crippen molar-refractivity contribution in [3.8, 4) is 0 Å². The molecule has 0 aromatic carbocycles. The van der Waals surface area contributed by atoms with Gasteiger partial charge in [-0.2, -0.15) is 0 Å². The molecule has 0 rings (SSSR count). The van der Waals surface area contributed by atoms with E-state index in [2.05, 4.69) is 36.3 Å². The van der Waals surface area contributed by atoms with Gasteiger partial charge in [-0.15, -0.1) is 0 Å². The van der Waals surface area contributed by atoms with Crippen LogP contribution < -0.4 is 33.6 Å². The van der Waals surface area contributed by atoms with Gasteiger partial charge in [-0.25, -0.2) is 0 Å². The summed E-state index contributed by atoms with van der Waals surface area (Å²) in [6.45, 7) is 9.07. The summed E-state index contributed by atoms with van der Waals surface area (Å²) >= 11 is 0. The highest BCUT2D eigenvalue weighted by Crippen LogP contribution is 2.14. The molecule has 2 atom stereocenters. The zero-order chi connectivity index (χ0) is 34.3. The fourth-order valence-corrected chi connectivity index (χ4v) is 6.08. The summed E-state index contributed by atoms with van der Waals surface area (Å²) in [7, 11) is 0. The molecule has 274 valence electrons. The van der Waals surface area contributed by atoms with Crippen LogP contribution in [-0.4, -0.2) is 60.8 Å². The van der Waals surface area contributed by atoms with Crippen molar-refractivity contribution in [2.75, 3.05) is 26.2 Å². The van der Waals surface area contributed by atoms with Gasteiger partial charge in [0.25, 0.3) is 0 Å². The molecule has 0 aliphatic carbocycles. The fraction of sp³-hybridized carbons (Fsp3) is 0.946. The molecular formula is C37H79N7O2. The van der Waals surface area contributed by atoms with Crippen molar-refractivity contribution < 1.29 is 9.59 Å². The molecule has 0 saturated heterocycles. The van der Waals surface area contributed by atoms with E-state index in [1.54, 1.807) is 0 Å². The highest BCUT2D eigenvalue weighted by molar-refractivity contribution is 5.77. The van der Waals surface area contributed by atoms with Gasteiger partial charge in [0.15, 0.2) is 0 Å². The van der Waals surface area contributed by atoms with Gasteiger partial charge in [-0.3, -0.25) is 26.8 Å². The van der Waals surface area contributed by atoms with E-state index in [1.807, 2.05) is 0 Å². The number of carbonyl (C=O) groups is 2. The first-order chi connectivity index (χ1) is 22.1. The summed E-state index contributed by atoms with van der Waals surface area (Å²) in [5.41, 5.74) is 23.9. The monoisotopic (exact) mass is 654 g/mol. The topological polar surface area (TPSA) is 166 Å². The quantitative estimate of drug-likeness (QED) is 0.0338. The Kier molecular flexibility index (Phi) is 30.2. The first-order valence-corrected chi connectivity index (χ1v) is 19.5. The van der Waals surface area contributed by atoms with Gasteiger partial charge < -0.3 is 21.3 Å². The number of rotatable bonds is 34. The number of amides is 2.